The average Bonchev–Trinajstić information content (AvgIpc) is 3.57. The summed E-state index contributed by atoms with van der Waals surface area (Å²) in [6, 6.07) is 36.2. The van der Waals surface area contributed by atoms with Gasteiger partial charge in [0, 0.05) is 40.4 Å². The summed E-state index contributed by atoms with van der Waals surface area (Å²) < 4.78 is 10.9. The van der Waals surface area contributed by atoms with E-state index in [9.17, 15) is 0 Å². The zero-order chi connectivity index (χ0) is 32.9. The molecule has 0 aliphatic carbocycles. The lowest BCUT2D eigenvalue weighted by atomic mass is 9.82. The molecule has 4 aromatic carbocycles. The molecule has 7 rings (SSSR count). The van der Waals surface area contributed by atoms with Crippen LogP contribution in [0.15, 0.2) is 109 Å². The van der Waals surface area contributed by atoms with Crippen molar-refractivity contribution in [3.05, 3.63) is 132 Å². The number of nitrogens with zero attached hydrogens (tertiary/aromatic N) is 4. The third kappa shape index (κ3) is 5.50. The molecular formula is C42H42N4O. The van der Waals surface area contributed by atoms with Crippen LogP contribution in [0.3, 0.4) is 0 Å². The number of fused-ring (bicyclic) bond motifs is 3. The van der Waals surface area contributed by atoms with Gasteiger partial charge in [0.05, 0.1) is 22.4 Å². The number of aromatic nitrogens is 4. The van der Waals surface area contributed by atoms with Gasteiger partial charge in [0.15, 0.2) is 0 Å². The number of rotatable bonds is 8. The third-order valence-corrected chi connectivity index (χ3v) is 9.72. The molecule has 236 valence electrons. The van der Waals surface area contributed by atoms with Crippen molar-refractivity contribution in [2.24, 2.45) is 0 Å². The summed E-state index contributed by atoms with van der Waals surface area (Å²) in [6.07, 6.45) is 2.99. The third-order valence-electron chi connectivity index (χ3n) is 9.72. The van der Waals surface area contributed by atoms with Crippen LogP contribution in [0.2, 0.25) is 0 Å². The summed E-state index contributed by atoms with van der Waals surface area (Å²) >= 11 is 0. The van der Waals surface area contributed by atoms with Gasteiger partial charge in [0.2, 0.25) is 0 Å². The van der Waals surface area contributed by atoms with Crippen LogP contribution in [-0.4, -0.2) is 19.3 Å². The molecule has 7 aromatic rings. The molecule has 0 bridgehead atoms. The molecule has 3 heterocycles. The van der Waals surface area contributed by atoms with Crippen LogP contribution in [0, 0.1) is 13.8 Å². The molecule has 0 radical (unpaired) electrons. The van der Waals surface area contributed by atoms with Crippen LogP contribution in [-0.2, 0) is 5.41 Å². The fourth-order valence-corrected chi connectivity index (χ4v) is 6.58. The highest BCUT2D eigenvalue weighted by Gasteiger charge is 2.22. The standard InChI is InChI=1S/C42H42N4O/c1-8-42(6,7)32-17-20-38-37(24-32)36-19-18-35(26-39(36)45(38)40-23-31(27(2)3)21-22-43-40)47-34-16-12-15-33(25-34)46-29(5)41(28(4)44-46)30-13-10-9-11-14-30/h9-27H,8H2,1-7H3. The van der Waals surface area contributed by atoms with Gasteiger partial charge in [-0.25, -0.2) is 9.67 Å². The Bertz CT molecular complexity index is 2240. The van der Waals surface area contributed by atoms with E-state index < -0.39 is 0 Å². The second-order valence-electron chi connectivity index (χ2n) is 13.5. The fourth-order valence-electron chi connectivity index (χ4n) is 6.58. The van der Waals surface area contributed by atoms with Gasteiger partial charge >= 0.3 is 0 Å². The maximum atomic E-state index is 6.58. The van der Waals surface area contributed by atoms with E-state index in [-0.39, 0.29) is 5.41 Å². The molecule has 5 nitrogen and oxygen atoms in total. The molecule has 0 aliphatic rings. The minimum atomic E-state index is 0.0832. The summed E-state index contributed by atoms with van der Waals surface area (Å²) in [5.74, 6) is 2.84. The van der Waals surface area contributed by atoms with Crippen molar-refractivity contribution < 1.29 is 4.74 Å². The first-order valence-electron chi connectivity index (χ1n) is 16.6. The van der Waals surface area contributed by atoms with Crippen LogP contribution in [0.1, 0.15) is 69.5 Å². The van der Waals surface area contributed by atoms with Gasteiger partial charge in [-0.05, 0) is 96.8 Å². The molecule has 3 aromatic heterocycles. The molecule has 0 spiro atoms. The van der Waals surface area contributed by atoms with Crippen molar-refractivity contribution in [2.45, 2.75) is 66.2 Å². The molecular weight excluding hydrogens is 576 g/mol. The Morgan fingerprint density at radius 1 is 0.766 bits per heavy atom. The molecule has 0 aliphatic heterocycles. The minimum absolute atomic E-state index is 0.0832. The Balaban J connectivity index is 1.32. The van der Waals surface area contributed by atoms with Crippen LogP contribution in [0.25, 0.3) is 44.4 Å². The molecule has 0 fully saturated rings. The summed E-state index contributed by atoms with van der Waals surface area (Å²) in [5.41, 5.74) is 10.3. The lowest BCUT2D eigenvalue weighted by Gasteiger charge is -2.23. The molecule has 5 heteroatoms. The van der Waals surface area contributed by atoms with E-state index >= 15 is 0 Å². The van der Waals surface area contributed by atoms with Gasteiger partial charge in [-0.15, -0.1) is 0 Å². The molecule has 0 N–H and O–H groups in total. The van der Waals surface area contributed by atoms with Crippen molar-refractivity contribution in [3.63, 3.8) is 0 Å². The second-order valence-corrected chi connectivity index (χ2v) is 13.5. The van der Waals surface area contributed by atoms with Gasteiger partial charge in [-0.2, -0.15) is 5.10 Å². The van der Waals surface area contributed by atoms with Gasteiger partial charge in [-0.1, -0.05) is 77.1 Å². The lowest BCUT2D eigenvalue weighted by Crippen LogP contribution is -2.15. The van der Waals surface area contributed by atoms with E-state index in [1.807, 2.05) is 29.1 Å². The maximum absolute atomic E-state index is 6.58. The molecule has 0 saturated carbocycles. The van der Waals surface area contributed by atoms with Crippen LogP contribution >= 0.6 is 0 Å². The van der Waals surface area contributed by atoms with Crippen LogP contribution < -0.4 is 4.74 Å². The Morgan fingerprint density at radius 2 is 1.55 bits per heavy atom. The van der Waals surface area contributed by atoms with E-state index in [1.54, 1.807) is 0 Å². The normalized spacial score (nSPS) is 12.0. The molecule has 0 atom stereocenters. The van der Waals surface area contributed by atoms with Gasteiger partial charge in [-0.3, -0.25) is 4.57 Å². The Hall–Kier alpha value is -5.16. The largest absolute Gasteiger partial charge is 0.457 e. The number of hydrogen-bond acceptors (Lipinski definition) is 3. The van der Waals surface area contributed by atoms with Crippen LogP contribution in [0.4, 0.5) is 0 Å². The van der Waals surface area contributed by atoms with E-state index in [2.05, 4.69) is 138 Å². The van der Waals surface area contributed by atoms with E-state index in [0.29, 0.717) is 5.92 Å². The molecule has 0 saturated heterocycles. The first kappa shape index (κ1) is 30.5. The van der Waals surface area contributed by atoms with E-state index in [1.165, 1.54) is 27.5 Å². The second kappa shape index (κ2) is 11.9. The highest BCUT2D eigenvalue weighted by atomic mass is 16.5. The Labute approximate surface area is 277 Å². The molecule has 0 amide bonds. The summed E-state index contributed by atoms with van der Waals surface area (Å²) in [6.45, 7) is 15.5. The highest BCUT2D eigenvalue weighted by molar-refractivity contribution is 6.09. The van der Waals surface area contributed by atoms with Crippen molar-refractivity contribution in [3.8, 4) is 34.1 Å². The maximum Gasteiger partial charge on any atom is 0.137 e. The SMILES string of the molecule is CCC(C)(C)c1ccc2c(c1)c1ccc(Oc3cccc(-n4nc(C)c(-c5ccccc5)c4C)c3)cc1n2-c1cc(C(C)C)ccn1. The fraction of sp³-hybridized carbons (Fsp3) is 0.238. The summed E-state index contributed by atoms with van der Waals surface area (Å²) in [4.78, 5) is 4.86. The monoisotopic (exact) mass is 618 g/mol. The first-order chi connectivity index (χ1) is 22.6. The number of aryl methyl sites for hydroxylation is 1. The quantitative estimate of drug-likeness (QED) is 0.170. The predicted octanol–water partition coefficient (Wildman–Crippen LogP) is 11.3. The lowest BCUT2D eigenvalue weighted by molar-refractivity contribution is 0.482. The predicted molar refractivity (Wildman–Crippen MR) is 195 cm³/mol. The smallest absolute Gasteiger partial charge is 0.137 e. The van der Waals surface area contributed by atoms with Gasteiger partial charge in [0.25, 0.3) is 0 Å². The number of pyridine rings is 1. The number of benzene rings is 4. The van der Waals surface area contributed by atoms with Gasteiger partial charge < -0.3 is 4.74 Å². The Kier molecular flexibility index (Phi) is 7.71. The van der Waals surface area contributed by atoms with E-state index in [0.717, 1.165) is 57.4 Å². The molecule has 47 heavy (non-hydrogen) atoms. The van der Waals surface area contributed by atoms with E-state index in [4.69, 9.17) is 14.8 Å². The number of ether oxygens (including phenoxy) is 1. The number of hydrogen-bond donors (Lipinski definition) is 0. The van der Waals surface area contributed by atoms with Crippen molar-refractivity contribution in [1.82, 2.24) is 19.3 Å². The van der Waals surface area contributed by atoms with Gasteiger partial charge in [0.1, 0.15) is 17.3 Å². The zero-order valence-electron chi connectivity index (χ0n) is 28.4. The summed E-state index contributed by atoms with van der Waals surface area (Å²) in [7, 11) is 0. The molecule has 0 unspecified atom stereocenters. The topological polar surface area (TPSA) is 44.9 Å². The van der Waals surface area contributed by atoms with Crippen molar-refractivity contribution in [2.75, 3.05) is 0 Å². The average molecular weight is 619 g/mol. The minimum Gasteiger partial charge on any atom is -0.457 e. The van der Waals surface area contributed by atoms with Crippen LogP contribution in [0.5, 0.6) is 11.5 Å². The summed E-state index contributed by atoms with van der Waals surface area (Å²) in [5, 5.41) is 7.32. The zero-order valence-corrected chi connectivity index (χ0v) is 28.4. The Morgan fingerprint density at radius 3 is 2.32 bits per heavy atom. The highest BCUT2D eigenvalue weighted by Crippen LogP contribution is 2.38. The first-order valence-corrected chi connectivity index (χ1v) is 16.6. The van der Waals surface area contributed by atoms with Crippen molar-refractivity contribution >= 4 is 21.8 Å². The van der Waals surface area contributed by atoms with Crippen molar-refractivity contribution in [1.29, 1.82) is 0 Å².